The summed E-state index contributed by atoms with van der Waals surface area (Å²) in [6.07, 6.45) is 0. The number of benzene rings is 1. The summed E-state index contributed by atoms with van der Waals surface area (Å²) in [5, 5.41) is 1.29. The number of rotatable bonds is 4. The number of likely N-dealkylation sites (N-methyl/N-ethyl adjacent to an activating group) is 1. The second kappa shape index (κ2) is 6.24. The van der Waals surface area contributed by atoms with Crippen LogP contribution in [0.4, 0.5) is 0 Å². The van der Waals surface area contributed by atoms with Gasteiger partial charge in [0.15, 0.2) is 0 Å². The summed E-state index contributed by atoms with van der Waals surface area (Å²) in [5.74, 6) is -0.704. The minimum absolute atomic E-state index is 0.0861. The zero-order chi connectivity index (χ0) is 14.7. The molecule has 0 radical (unpaired) electrons. The molecule has 1 heterocycles. The van der Waals surface area contributed by atoms with Gasteiger partial charge in [0, 0.05) is 17.1 Å². The molecule has 0 N–H and O–H groups in total. The lowest BCUT2D eigenvalue weighted by Crippen LogP contribution is -2.32. The largest absolute Gasteiger partial charge is 0.465 e. The summed E-state index contributed by atoms with van der Waals surface area (Å²) in [5.41, 5.74) is 0. The van der Waals surface area contributed by atoms with Crippen molar-refractivity contribution < 1.29 is 14.3 Å². The summed E-state index contributed by atoms with van der Waals surface area (Å²) in [4.78, 5) is 25.5. The molecule has 2 rings (SSSR count). The highest BCUT2D eigenvalue weighted by Gasteiger charge is 2.21. The van der Waals surface area contributed by atoms with E-state index in [4.69, 9.17) is 16.3 Å². The van der Waals surface area contributed by atoms with Crippen LogP contribution in [0.15, 0.2) is 24.3 Å². The maximum atomic E-state index is 12.3. The molecule has 1 aromatic heterocycles. The van der Waals surface area contributed by atoms with Crippen LogP contribution in [0.2, 0.25) is 5.02 Å². The second-order valence-corrected chi connectivity index (χ2v) is 5.64. The van der Waals surface area contributed by atoms with E-state index in [-0.39, 0.29) is 12.5 Å². The molecule has 106 valence electrons. The van der Waals surface area contributed by atoms with Gasteiger partial charge in [0.2, 0.25) is 0 Å². The molecular formula is C14H14ClNO3S. The number of amides is 1. The number of ether oxygens (including phenoxy) is 1. The summed E-state index contributed by atoms with van der Waals surface area (Å²) in [6, 6.07) is 7.55. The molecule has 1 aromatic carbocycles. The molecule has 0 aliphatic rings. The van der Waals surface area contributed by atoms with Crippen molar-refractivity contribution in [2.24, 2.45) is 0 Å². The molecule has 2 aromatic rings. The van der Waals surface area contributed by atoms with Crippen molar-refractivity contribution in [1.82, 2.24) is 4.90 Å². The van der Waals surface area contributed by atoms with Gasteiger partial charge in [0.1, 0.15) is 11.4 Å². The molecular weight excluding hydrogens is 298 g/mol. The summed E-state index contributed by atoms with van der Waals surface area (Å²) in [6.45, 7) is 1.93. The number of halogens is 1. The van der Waals surface area contributed by atoms with Crippen molar-refractivity contribution in [3.63, 3.8) is 0 Å². The van der Waals surface area contributed by atoms with Crippen molar-refractivity contribution in [3.05, 3.63) is 34.2 Å². The molecule has 0 fully saturated rings. The maximum Gasteiger partial charge on any atom is 0.325 e. The Hall–Kier alpha value is -1.59. The third-order valence-electron chi connectivity index (χ3n) is 2.75. The number of nitrogens with zero attached hydrogens (tertiary/aromatic N) is 1. The van der Waals surface area contributed by atoms with Crippen LogP contribution < -0.4 is 0 Å². The lowest BCUT2D eigenvalue weighted by molar-refractivity contribution is -0.143. The highest BCUT2D eigenvalue weighted by Crippen LogP contribution is 2.35. The minimum Gasteiger partial charge on any atom is -0.465 e. The Kier molecular flexibility index (Phi) is 4.62. The van der Waals surface area contributed by atoms with Gasteiger partial charge in [-0.05, 0) is 13.0 Å². The summed E-state index contributed by atoms with van der Waals surface area (Å²) in [7, 11) is 1.56. The quantitative estimate of drug-likeness (QED) is 0.815. The van der Waals surface area contributed by atoms with Gasteiger partial charge in [0.25, 0.3) is 5.91 Å². The SMILES string of the molecule is CCOC(=O)CN(C)C(=O)c1sc2ccccc2c1Cl. The van der Waals surface area contributed by atoms with Gasteiger partial charge in [-0.15, -0.1) is 11.3 Å². The van der Waals surface area contributed by atoms with E-state index in [1.54, 1.807) is 14.0 Å². The van der Waals surface area contributed by atoms with Crippen LogP contribution in [0.1, 0.15) is 16.6 Å². The Morgan fingerprint density at radius 3 is 2.70 bits per heavy atom. The number of fused-ring (bicyclic) bond motifs is 1. The smallest absolute Gasteiger partial charge is 0.325 e. The number of carbonyl (C=O) groups excluding carboxylic acids is 2. The first kappa shape index (κ1) is 14.8. The zero-order valence-electron chi connectivity index (χ0n) is 11.2. The first-order valence-corrected chi connectivity index (χ1v) is 7.32. The topological polar surface area (TPSA) is 46.6 Å². The molecule has 4 nitrogen and oxygen atoms in total. The normalized spacial score (nSPS) is 10.6. The molecule has 1 amide bonds. The van der Waals surface area contributed by atoms with Crippen LogP contribution in [0.25, 0.3) is 10.1 Å². The Bertz CT molecular complexity index is 653. The van der Waals surface area contributed by atoms with Crippen LogP contribution in [0.3, 0.4) is 0 Å². The van der Waals surface area contributed by atoms with Crippen LogP contribution in [0, 0.1) is 0 Å². The third kappa shape index (κ3) is 2.94. The van der Waals surface area contributed by atoms with Crippen LogP contribution in [-0.4, -0.2) is 37.0 Å². The highest BCUT2D eigenvalue weighted by atomic mass is 35.5. The minimum atomic E-state index is -0.430. The lowest BCUT2D eigenvalue weighted by Gasteiger charge is -2.15. The van der Waals surface area contributed by atoms with Gasteiger partial charge in [-0.1, -0.05) is 29.8 Å². The third-order valence-corrected chi connectivity index (χ3v) is 4.41. The van der Waals surface area contributed by atoms with Gasteiger partial charge in [-0.25, -0.2) is 0 Å². The first-order chi connectivity index (χ1) is 9.54. The number of carbonyl (C=O) groups is 2. The van der Waals surface area contributed by atoms with E-state index in [0.717, 1.165) is 10.1 Å². The standard InChI is InChI=1S/C14H14ClNO3S/c1-3-19-11(17)8-16(2)14(18)13-12(15)9-6-4-5-7-10(9)20-13/h4-7H,3,8H2,1-2H3. The molecule has 0 aliphatic heterocycles. The molecule has 0 spiro atoms. The number of hydrogen-bond donors (Lipinski definition) is 0. The fourth-order valence-corrected chi connectivity index (χ4v) is 3.30. The van der Waals surface area contributed by atoms with Crippen LogP contribution in [-0.2, 0) is 9.53 Å². The van der Waals surface area contributed by atoms with Crippen LogP contribution >= 0.6 is 22.9 Å². The Labute approximate surface area is 125 Å². The molecule has 0 saturated heterocycles. The van der Waals surface area contributed by atoms with E-state index in [9.17, 15) is 9.59 Å². The Balaban J connectivity index is 2.22. The number of thiophene rings is 1. The first-order valence-electron chi connectivity index (χ1n) is 6.12. The van der Waals surface area contributed by atoms with E-state index in [2.05, 4.69) is 0 Å². The monoisotopic (exact) mass is 311 g/mol. The average Bonchev–Trinajstić information content (AvgIpc) is 2.76. The maximum absolute atomic E-state index is 12.3. The lowest BCUT2D eigenvalue weighted by atomic mass is 10.2. The van der Waals surface area contributed by atoms with Crippen molar-refractivity contribution in [1.29, 1.82) is 0 Å². The zero-order valence-corrected chi connectivity index (χ0v) is 12.8. The second-order valence-electron chi connectivity index (χ2n) is 4.21. The van der Waals surface area contributed by atoms with E-state index in [0.29, 0.717) is 16.5 Å². The number of hydrogen-bond acceptors (Lipinski definition) is 4. The van der Waals surface area contributed by atoms with Gasteiger partial charge < -0.3 is 9.64 Å². The van der Waals surface area contributed by atoms with Crippen molar-refractivity contribution in [2.75, 3.05) is 20.2 Å². The van der Waals surface area contributed by atoms with E-state index in [1.165, 1.54) is 16.2 Å². The highest BCUT2D eigenvalue weighted by molar-refractivity contribution is 7.21. The average molecular weight is 312 g/mol. The fraction of sp³-hybridized carbons (Fsp3) is 0.286. The Morgan fingerprint density at radius 2 is 2.05 bits per heavy atom. The van der Waals surface area contributed by atoms with Crippen molar-refractivity contribution in [3.8, 4) is 0 Å². The molecule has 0 aliphatic carbocycles. The van der Waals surface area contributed by atoms with E-state index in [1.807, 2.05) is 24.3 Å². The summed E-state index contributed by atoms with van der Waals surface area (Å²) >= 11 is 7.57. The van der Waals surface area contributed by atoms with E-state index < -0.39 is 5.97 Å². The van der Waals surface area contributed by atoms with Crippen LogP contribution in [0.5, 0.6) is 0 Å². The predicted octanol–water partition coefficient (Wildman–Crippen LogP) is 3.19. The van der Waals surface area contributed by atoms with Crippen molar-refractivity contribution >= 4 is 44.9 Å². The number of esters is 1. The van der Waals surface area contributed by atoms with Gasteiger partial charge >= 0.3 is 5.97 Å². The fourth-order valence-electron chi connectivity index (χ4n) is 1.80. The predicted molar refractivity (Wildman–Crippen MR) is 80.4 cm³/mol. The molecule has 0 bridgehead atoms. The Morgan fingerprint density at radius 1 is 1.35 bits per heavy atom. The molecule has 0 atom stereocenters. The van der Waals surface area contributed by atoms with Gasteiger partial charge in [0.05, 0.1) is 11.6 Å². The molecule has 20 heavy (non-hydrogen) atoms. The molecule has 0 saturated carbocycles. The molecule has 6 heteroatoms. The van der Waals surface area contributed by atoms with E-state index >= 15 is 0 Å². The van der Waals surface area contributed by atoms with Crippen molar-refractivity contribution in [2.45, 2.75) is 6.92 Å². The van der Waals surface area contributed by atoms with Gasteiger partial charge in [-0.2, -0.15) is 0 Å². The molecule has 0 unspecified atom stereocenters. The summed E-state index contributed by atoms with van der Waals surface area (Å²) < 4.78 is 5.77. The van der Waals surface area contributed by atoms with Gasteiger partial charge in [-0.3, -0.25) is 9.59 Å².